The Morgan fingerprint density at radius 1 is 1.47 bits per heavy atom. The zero-order valence-corrected chi connectivity index (χ0v) is 13.5. The fraction of sp³-hybridized carbons (Fsp3) is 0.500. The number of thioether (sulfide) groups is 1. The lowest BCUT2D eigenvalue weighted by Gasteiger charge is -2.11. The van der Waals surface area contributed by atoms with Crippen LogP contribution < -0.4 is 4.74 Å². The van der Waals surface area contributed by atoms with Crippen LogP contribution in [-0.2, 0) is 12.2 Å². The van der Waals surface area contributed by atoms with Gasteiger partial charge in [-0.1, -0.05) is 15.9 Å². The van der Waals surface area contributed by atoms with Gasteiger partial charge in [-0.3, -0.25) is 0 Å². The van der Waals surface area contributed by atoms with E-state index < -0.39 is 0 Å². The topological polar surface area (TPSA) is 37.9 Å². The lowest BCUT2D eigenvalue weighted by molar-refractivity contribution is 0.386. The molecule has 1 aliphatic rings. The summed E-state index contributed by atoms with van der Waals surface area (Å²) in [5.41, 5.74) is 4.89. The lowest BCUT2D eigenvalue weighted by atomic mass is 10.0. The Hall–Kier alpha value is -0.680. The Labute approximate surface area is 125 Å². The van der Waals surface area contributed by atoms with Gasteiger partial charge < -0.3 is 9.72 Å². The number of aromatic amines is 1. The van der Waals surface area contributed by atoms with E-state index in [0.29, 0.717) is 6.01 Å². The molecule has 1 heterocycles. The van der Waals surface area contributed by atoms with Gasteiger partial charge in [-0.25, -0.2) is 0 Å². The van der Waals surface area contributed by atoms with Crippen LogP contribution in [0.5, 0.6) is 6.01 Å². The van der Waals surface area contributed by atoms with Crippen LogP contribution in [-0.4, -0.2) is 23.3 Å². The molecule has 102 valence electrons. The van der Waals surface area contributed by atoms with Crippen LogP contribution >= 0.6 is 27.7 Å². The fourth-order valence-electron chi connectivity index (χ4n) is 2.43. The summed E-state index contributed by atoms with van der Waals surface area (Å²) in [4.78, 5) is 7.78. The largest absolute Gasteiger partial charge is 0.468 e. The summed E-state index contributed by atoms with van der Waals surface area (Å²) in [5.74, 6) is 1.86. The maximum absolute atomic E-state index is 5.22. The lowest BCUT2D eigenvalue weighted by Crippen LogP contribution is -1.98. The van der Waals surface area contributed by atoms with Crippen molar-refractivity contribution in [1.29, 1.82) is 0 Å². The molecule has 1 N–H and O–H groups in total. The molecule has 0 spiro atoms. The van der Waals surface area contributed by atoms with Gasteiger partial charge in [0.1, 0.15) is 0 Å². The van der Waals surface area contributed by atoms with E-state index in [2.05, 4.69) is 38.2 Å². The quantitative estimate of drug-likeness (QED) is 0.888. The molecule has 0 bridgehead atoms. The molecule has 3 nitrogen and oxygen atoms in total. The van der Waals surface area contributed by atoms with E-state index in [-0.39, 0.29) is 0 Å². The van der Waals surface area contributed by atoms with E-state index in [0.717, 1.165) is 22.7 Å². The summed E-state index contributed by atoms with van der Waals surface area (Å²) in [6, 6.07) is 2.72. The number of imidazole rings is 1. The minimum Gasteiger partial charge on any atom is -0.468 e. The second kappa shape index (κ2) is 5.37. The Morgan fingerprint density at radius 3 is 2.89 bits per heavy atom. The molecule has 2 aromatic rings. The third-order valence-electron chi connectivity index (χ3n) is 3.59. The van der Waals surface area contributed by atoms with Crippen LogP contribution in [0.4, 0.5) is 0 Å². The summed E-state index contributed by atoms with van der Waals surface area (Å²) in [6.45, 7) is 0. The number of methoxy groups -OCH3 is 1. The summed E-state index contributed by atoms with van der Waals surface area (Å²) < 4.78 is 6.41. The minimum atomic E-state index is 0.591. The molecule has 1 fully saturated rings. The second-order valence-corrected chi connectivity index (χ2v) is 6.76. The highest BCUT2D eigenvalue weighted by atomic mass is 79.9. The molecule has 19 heavy (non-hydrogen) atoms. The molecule has 0 amide bonds. The van der Waals surface area contributed by atoms with E-state index in [1.54, 1.807) is 7.11 Å². The molecule has 0 aliphatic heterocycles. The number of fused-ring (bicyclic) bond motifs is 1. The zero-order chi connectivity index (χ0) is 13.4. The summed E-state index contributed by atoms with van der Waals surface area (Å²) in [5, 5.41) is 0. The van der Waals surface area contributed by atoms with E-state index >= 15 is 0 Å². The molecule has 1 aromatic heterocycles. The minimum absolute atomic E-state index is 0.591. The third kappa shape index (κ3) is 2.63. The van der Waals surface area contributed by atoms with Gasteiger partial charge in [0, 0.05) is 10.2 Å². The molecule has 0 unspecified atom stereocenters. The average molecular weight is 341 g/mol. The highest BCUT2D eigenvalue weighted by molar-refractivity contribution is 9.10. The van der Waals surface area contributed by atoms with E-state index in [1.807, 2.05) is 11.8 Å². The van der Waals surface area contributed by atoms with E-state index in [9.17, 15) is 0 Å². The van der Waals surface area contributed by atoms with Gasteiger partial charge in [0.05, 0.1) is 18.1 Å². The molecule has 1 saturated carbocycles. The number of hydrogen-bond acceptors (Lipinski definition) is 3. The maximum atomic E-state index is 5.22. The van der Waals surface area contributed by atoms with Crippen molar-refractivity contribution in [3.05, 3.63) is 21.7 Å². The smallest absolute Gasteiger partial charge is 0.294 e. The van der Waals surface area contributed by atoms with Gasteiger partial charge in [0.15, 0.2) is 0 Å². The number of halogens is 1. The number of hydrogen-bond donors (Lipinski definition) is 1. The van der Waals surface area contributed by atoms with Gasteiger partial charge >= 0.3 is 0 Å². The zero-order valence-electron chi connectivity index (χ0n) is 11.1. The third-order valence-corrected chi connectivity index (χ3v) is 4.88. The molecule has 5 heteroatoms. The normalized spacial score (nSPS) is 15.1. The van der Waals surface area contributed by atoms with Crippen molar-refractivity contribution in [2.45, 2.75) is 25.0 Å². The van der Waals surface area contributed by atoms with Gasteiger partial charge in [-0.2, -0.15) is 16.7 Å². The molecular weight excluding hydrogens is 324 g/mol. The Morgan fingerprint density at radius 2 is 2.26 bits per heavy atom. The van der Waals surface area contributed by atoms with Gasteiger partial charge in [-0.05, 0) is 48.6 Å². The Kier molecular flexibility index (Phi) is 3.76. The second-order valence-electron chi connectivity index (χ2n) is 5.04. The average Bonchev–Trinajstić information content (AvgIpc) is 3.12. The van der Waals surface area contributed by atoms with Crippen molar-refractivity contribution in [2.24, 2.45) is 5.92 Å². The first-order valence-corrected chi connectivity index (χ1v) is 8.64. The predicted octanol–water partition coefficient (Wildman–Crippen LogP) is 4.15. The van der Waals surface area contributed by atoms with Gasteiger partial charge in [-0.15, -0.1) is 0 Å². The first kappa shape index (κ1) is 13.3. The highest BCUT2D eigenvalue weighted by Gasteiger charge is 2.25. The summed E-state index contributed by atoms with van der Waals surface area (Å²) >= 11 is 5.57. The molecule has 0 atom stereocenters. The molecule has 1 aromatic carbocycles. The van der Waals surface area contributed by atoms with Crippen molar-refractivity contribution >= 4 is 38.7 Å². The molecule has 3 rings (SSSR count). The number of ether oxygens (including phenoxy) is 1. The predicted molar refractivity (Wildman–Crippen MR) is 84.0 cm³/mol. The van der Waals surface area contributed by atoms with Crippen molar-refractivity contribution < 1.29 is 4.74 Å². The number of H-pyrrole nitrogens is 1. The van der Waals surface area contributed by atoms with Crippen LogP contribution in [0.2, 0.25) is 0 Å². The van der Waals surface area contributed by atoms with Crippen LogP contribution in [0.1, 0.15) is 24.0 Å². The van der Waals surface area contributed by atoms with Crippen molar-refractivity contribution in [3.63, 3.8) is 0 Å². The van der Waals surface area contributed by atoms with Crippen LogP contribution in [0.25, 0.3) is 11.0 Å². The van der Waals surface area contributed by atoms with Gasteiger partial charge in [0.2, 0.25) is 0 Å². The van der Waals surface area contributed by atoms with Gasteiger partial charge in [0.25, 0.3) is 6.01 Å². The SMILES string of the molecule is COc1nc2c(CSC)c(CC3CC3)c(Br)cc2[nH]1. The summed E-state index contributed by atoms with van der Waals surface area (Å²) in [6.07, 6.45) is 6.04. The summed E-state index contributed by atoms with van der Waals surface area (Å²) in [7, 11) is 1.64. The van der Waals surface area contributed by atoms with Crippen molar-refractivity contribution in [3.8, 4) is 6.01 Å². The number of nitrogens with zero attached hydrogens (tertiary/aromatic N) is 1. The fourth-order valence-corrected chi connectivity index (χ4v) is 3.66. The first-order chi connectivity index (χ1) is 9.22. The Balaban J connectivity index is 2.14. The number of nitrogens with one attached hydrogen (secondary N) is 1. The van der Waals surface area contributed by atoms with Crippen LogP contribution in [0, 0.1) is 5.92 Å². The molecule has 0 radical (unpaired) electrons. The number of rotatable bonds is 5. The highest BCUT2D eigenvalue weighted by Crippen LogP contribution is 2.39. The van der Waals surface area contributed by atoms with Crippen LogP contribution in [0.3, 0.4) is 0 Å². The molecule has 0 saturated heterocycles. The Bertz CT molecular complexity index is 607. The standard InChI is InChI=1S/C14H17BrN2OS/c1-18-14-16-12-6-11(15)9(5-8-3-4-8)10(7-19-2)13(12)17-14/h6,8H,3-5,7H2,1-2H3,(H,16,17). The maximum Gasteiger partial charge on any atom is 0.294 e. The van der Waals surface area contributed by atoms with Crippen molar-refractivity contribution in [1.82, 2.24) is 9.97 Å². The first-order valence-electron chi connectivity index (χ1n) is 6.45. The molecule has 1 aliphatic carbocycles. The van der Waals surface area contributed by atoms with E-state index in [1.165, 1.54) is 34.9 Å². The van der Waals surface area contributed by atoms with Crippen LogP contribution in [0.15, 0.2) is 10.5 Å². The molecular formula is C14H17BrN2OS. The van der Waals surface area contributed by atoms with E-state index in [4.69, 9.17) is 4.74 Å². The monoisotopic (exact) mass is 340 g/mol. The van der Waals surface area contributed by atoms with Crippen molar-refractivity contribution in [2.75, 3.05) is 13.4 Å². The number of benzene rings is 1. The number of aromatic nitrogens is 2.